The molecular weight excluding hydrogens is 527 g/mol. The molecule has 38 heavy (non-hydrogen) atoms. The molecule has 5 rings (SSSR count). The summed E-state index contributed by atoms with van der Waals surface area (Å²) >= 11 is 12.3. The van der Waals surface area contributed by atoms with E-state index in [4.69, 9.17) is 27.9 Å². The minimum Gasteiger partial charge on any atom is -0.375 e. The number of nitrogens with zero attached hydrogens (tertiary/aromatic N) is 3. The van der Waals surface area contributed by atoms with Gasteiger partial charge in [-0.05, 0) is 74.5 Å². The highest BCUT2D eigenvalue weighted by Gasteiger charge is 2.44. The standard InChI is InChI=1S/C28H38Cl2N4O4/c1-38-16-27(36)32-10-8-19(9-11-32)20-3-7-25-22(13-20)28(37)33(17-31-25)15-26(35)34(21-4-5-21)14-18-2-6-23(29)24(30)12-18/h2,6,12,19-22,25,31H,3-5,7-11,13-17H2,1H3. The summed E-state index contributed by atoms with van der Waals surface area (Å²) in [4.78, 5) is 44.7. The first-order chi connectivity index (χ1) is 18.3. The van der Waals surface area contributed by atoms with Crippen LogP contribution in [-0.4, -0.2) is 84.5 Å². The highest BCUT2D eigenvalue weighted by Crippen LogP contribution is 2.40. The van der Waals surface area contributed by atoms with E-state index in [-0.39, 0.29) is 48.9 Å². The number of piperidine rings is 1. The van der Waals surface area contributed by atoms with Crippen LogP contribution in [0.3, 0.4) is 0 Å². The van der Waals surface area contributed by atoms with Crippen molar-refractivity contribution >= 4 is 40.9 Å². The molecule has 0 radical (unpaired) electrons. The SMILES string of the molecule is COCC(=O)N1CCC(C2CCC3NCN(CC(=O)N(Cc4ccc(Cl)c(Cl)c4)C4CC4)C(=O)C3C2)CC1. The summed E-state index contributed by atoms with van der Waals surface area (Å²) in [5, 5.41) is 4.52. The number of fused-ring (bicyclic) bond motifs is 1. The van der Waals surface area contributed by atoms with Crippen LogP contribution < -0.4 is 5.32 Å². The average Bonchev–Trinajstić information content (AvgIpc) is 3.76. The van der Waals surface area contributed by atoms with E-state index in [2.05, 4.69) is 5.32 Å². The van der Waals surface area contributed by atoms with Crippen molar-refractivity contribution in [1.29, 1.82) is 0 Å². The van der Waals surface area contributed by atoms with E-state index < -0.39 is 0 Å². The van der Waals surface area contributed by atoms with Crippen LogP contribution in [0.2, 0.25) is 10.0 Å². The summed E-state index contributed by atoms with van der Waals surface area (Å²) < 4.78 is 5.00. The number of benzene rings is 1. The lowest BCUT2D eigenvalue weighted by molar-refractivity contribution is -0.149. The Labute approximate surface area is 234 Å². The van der Waals surface area contributed by atoms with E-state index in [1.807, 2.05) is 21.9 Å². The molecule has 1 aromatic rings. The predicted octanol–water partition coefficient (Wildman–Crippen LogP) is 3.54. The zero-order chi connectivity index (χ0) is 26.8. The molecule has 0 aromatic heterocycles. The Morgan fingerprint density at radius 2 is 1.82 bits per heavy atom. The summed E-state index contributed by atoms with van der Waals surface area (Å²) in [6.45, 7) is 2.65. The lowest BCUT2D eigenvalue weighted by Gasteiger charge is -2.46. The third kappa shape index (κ3) is 6.30. The van der Waals surface area contributed by atoms with Crippen LogP contribution in [0, 0.1) is 17.8 Å². The summed E-state index contributed by atoms with van der Waals surface area (Å²) in [6.07, 6.45) is 6.88. The first kappa shape index (κ1) is 27.7. The minimum absolute atomic E-state index is 0.0207. The quantitative estimate of drug-likeness (QED) is 0.522. The maximum absolute atomic E-state index is 13.6. The van der Waals surface area contributed by atoms with Gasteiger partial charge >= 0.3 is 0 Å². The molecule has 2 saturated heterocycles. The monoisotopic (exact) mass is 564 g/mol. The molecule has 2 heterocycles. The van der Waals surface area contributed by atoms with Crippen LogP contribution in [0.15, 0.2) is 18.2 Å². The van der Waals surface area contributed by atoms with E-state index >= 15 is 0 Å². The molecule has 3 unspecified atom stereocenters. The highest BCUT2D eigenvalue weighted by atomic mass is 35.5. The summed E-state index contributed by atoms with van der Waals surface area (Å²) in [5.41, 5.74) is 0.938. The van der Waals surface area contributed by atoms with E-state index in [1.165, 1.54) is 0 Å². The van der Waals surface area contributed by atoms with E-state index in [9.17, 15) is 14.4 Å². The Morgan fingerprint density at radius 3 is 2.50 bits per heavy atom. The number of ether oxygens (including phenoxy) is 1. The second-order valence-electron chi connectivity index (χ2n) is 11.3. The Bertz CT molecular complexity index is 1040. The maximum atomic E-state index is 13.6. The zero-order valence-corrected chi connectivity index (χ0v) is 23.6. The van der Waals surface area contributed by atoms with Crippen LogP contribution in [0.1, 0.15) is 50.5 Å². The number of amides is 3. The van der Waals surface area contributed by atoms with Crippen molar-refractivity contribution in [2.75, 3.05) is 40.0 Å². The minimum atomic E-state index is -0.0899. The predicted molar refractivity (Wildman–Crippen MR) is 146 cm³/mol. The smallest absolute Gasteiger partial charge is 0.248 e. The Hall–Kier alpha value is -1.87. The first-order valence-corrected chi connectivity index (χ1v) is 14.6. The number of halogens is 2. The van der Waals surface area contributed by atoms with E-state index in [0.717, 1.165) is 63.6 Å². The number of nitrogens with one attached hydrogen (secondary N) is 1. The number of likely N-dealkylation sites (tertiary alicyclic amines) is 1. The van der Waals surface area contributed by atoms with Crippen molar-refractivity contribution in [2.45, 2.75) is 63.6 Å². The Morgan fingerprint density at radius 1 is 1.05 bits per heavy atom. The van der Waals surface area contributed by atoms with Crippen molar-refractivity contribution in [3.05, 3.63) is 33.8 Å². The fourth-order valence-electron chi connectivity index (χ4n) is 6.55. The second kappa shape index (κ2) is 12.1. The summed E-state index contributed by atoms with van der Waals surface area (Å²) in [5.74, 6) is 1.06. The molecule has 10 heteroatoms. The van der Waals surface area contributed by atoms with Crippen molar-refractivity contribution in [3.8, 4) is 0 Å². The van der Waals surface area contributed by atoms with Gasteiger partial charge in [-0.15, -0.1) is 0 Å². The summed E-state index contributed by atoms with van der Waals surface area (Å²) in [7, 11) is 1.55. The zero-order valence-electron chi connectivity index (χ0n) is 22.0. The van der Waals surface area contributed by atoms with Crippen LogP contribution in [0.25, 0.3) is 0 Å². The third-order valence-electron chi connectivity index (χ3n) is 8.86. The van der Waals surface area contributed by atoms with Gasteiger partial charge in [0.25, 0.3) is 0 Å². The van der Waals surface area contributed by atoms with Gasteiger partial charge in [0.1, 0.15) is 13.2 Å². The van der Waals surface area contributed by atoms with Crippen LogP contribution >= 0.6 is 23.2 Å². The van der Waals surface area contributed by atoms with Gasteiger partial charge in [-0.3, -0.25) is 19.7 Å². The molecular formula is C28H38Cl2N4O4. The van der Waals surface area contributed by atoms with Gasteiger partial charge < -0.3 is 19.4 Å². The molecule has 4 aliphatic rings. The number of hydrogen-bond donors (Lipinski definition) is 1. The van der Waals surface area contributed by atoms with E-state index in [1.54, 1.807) is 18.1 Å². The Balaban J connectivity index is 1.17. The molecule has 0 bridgehead atoms. The van der Waals surface area contributed by atoms with Crippen molar-refractivity contribution in [3.63, 3.8) is 0 Å². The molecule has 8 nitrogen and oxygen atoms in total. The van der Waals surface area contributed by atoms with Crippen molar-refractivity contribution in [2.24, 2.45) is 17.8 Å². The van der Waals surface area contributed by atoms with Gasteiger partial charge in [-0.1, -0.05) is 29.3 Å². The molecule has 4 fully saturated rings. The number of carbonyl (C=O) groups is 3. The van der Waals surface area contributed by atoms with Crippen LogP contribution in [-0.2, 0) is 25.7 Å². The number of carbonyl (C=O) groups excluding carboxylic acids is 3. The van der Waals surface area contributed by atoms with Gasteiger partial charge in [0.05, 0.1) is 22.6 Å². The molecule has 208 valence electrons. The van der Waals surface area contributed by atoms with Crippen molar-refractivity contribution < 1.29 is 19.1 Å². The molecule has 3 atom stereocenters. The van der Waals surface area contributed by atoms with Gasteiger partial charge in [-0.2, -0.15) is 0 Å². The van der Waals surface area contributed by atoms with Gasteiger partial charge in [0, 0.05) is 38.8 Å². The second-order valence-corrected chi connectivity index (χ2v) is 12.2. The third-order valence-corrected chi connectivity index (χ3v) is 9.60. The largest absolute Gasteiger partial charge is 0.375 e. The number of methoxy groups -OCH3 is 1. The van der Waals surface area contributed by atoms with E-state index in [0.29, 0.717) is 35.1 Å². The normalized spacial score (nSPS) is 26.3. The van der Waals surface area contributed by atoms with Crippen LogP contribution in [0.4, 0.5) is 0 Å². The molecule has 1 aromatic carbocycles. The lowest BCUT2D eigenvalue weighted by Crippen LogP contribution is -2.60. The lowest BCUT2D eigenvalue weighted by atomic mass is 9.69. The van der Waals surface area contributed by atoms with Gasteiger partial charge in [0.2, 0.25) is 17.7 Å². The number of hydrogen-bond acceptors (Lipinski definition) is 5. The van der Waals surface area contributed by atoms with Crippen molar-refractivity contribution in [1.82, 2.24) is 20.0 Å². The first-order valence-electron chi connectivity index (χ1n) is 13.9. The average molecular weight is 566 g/mol. The van der Waals surface area contributed by atoms with Gasteiger partial charge in [0.15, 0.2) is 0 Å². The number of rotatable bonds is 8. The molecule has 2 aliphatic carbocycles. The van der Waals surface area contributed by atoms with Crippen LogP contribution in [0.5, 0.6) is 0 Å². The summed E-state index contributed by atoms with van der Waals surface area (Å²) in [6, 6.07) is 5.87. The molecule has 3 amide bonds. The fourth-order valence-corrected chi connectivity index (χ4v) is 6.87. The molecule has 2 aliphatic heterocycles. The Kier molecular flexibility index (Phi) is 8.82. The molecule has 2 saturated carbocycles. The molecule has 1 N–H and O–H groups in total. The van der Waals surface area contributed by atoms with Gasteiger partial charge in [-0.25, -0.2) is 0 Å². The molecule has 0 spiro atoms. The fraction of sp³-hybridized carbons (Fsp3) is 0.679. The highest BCUT2D eigenvalue weighted by molar-refractivity contribution is 6.42. The maximum Gasteiger partial charge on any atom is 0.248 e. The topological polar surface area (TPSA) is 82.2 Å².